The number of aromatic nitrogens is 1. The molecule has 0 aliphatic carbocycles. The summed E-state index contributed by atoms with van der Waals surface area (Å²) in [5.74, 6) is 1.51. The second-order valence-corrected chi connectivity index (χ2v) is 4.88. The molecule has 2 fully saturated rings. The maximum absolute atomic E-state index is 5.20. The van der Waals surface area contributed by atoms with Crippen LogP contribution in [0.1, 0.15) is 12.8 Å². The molecule has 0 aromatic carbocycles. The lowest BCUT2D eigenvalue weighted by molar-refractivity contribution is 0.381. The van der Waals surface area contributed by atoms with E-state index >= 15 is 0 Å². The zero-order chi connectivity index (χ0) is 11.7. The molecular weight excluding hydrogens is 214 g/mol. The van der Waals surface area contributed by atoms with Crippen LogP contribution in [0, 0.1) is 5.92 Å². The SMILES string of the molecule is COc1cc(N2CCCC3CNCC32)ccn1. The summed E-state index contributed by atoms with van der Waals surface area (Å²) in [6.07, 6.45) is 4.48. The van der Waals surface area contributed by atoms with Crippen molar-refractivity contribution in [2.45, 2.75) is 18.9 Å². The molecule has 2 aliphatic rings. The molecule has 1 N–H and O–H groups in total. The zero-order valence-corrected chi connectivity index (χ0v) is 10.2. The molecule has 0 saturated carbocycles. The average molecular weight is 233 g/mol. The molecule has 92 valence electrons. The number of piperidine rings is 1. The summed E-state index contributed by atoms with van der Waals surface area (Å²) >= 11 is 0. The van der Waals surface area contributed by atoms with E-state index in [9.17, 15) is 0 Å². The van der Waals surface area contributed by atoms with Gasteiger partial charge in [-0.3, -0.25) is 0 Å². The number of nitrogens with zero attached hydrogens (tertiary/aromatic N) is 2. The van der Waals surface area contributed by atoms with Crippen LogP contribution < -0.4 is 15.0 Å². The summed E-state index contributed by atoms with van der Waals surface area (Å²) in [5, 5.41) is 3.50. The lowest BCUT2D eigenvalue weighted by atomic mass is 9.91. The average Bonchev–Trinajstić information content (AvgIpc) is 2.87. The minimum absolute atomic E-state index is 0.649. The van der Waals surface area contributed by atoms with Gasteiger partial charge in [0.15, 0.2) is 0 Å². The second kappa shape index (κ2) is 4.53. The Morgan fingerprint density at radius 1 is 1.47 bits per heavy atom. The van der Waals surface area contributed by atoms with Crippen molar-refractivity contribution in [3.05, 3.63) is 18.3 Å². The summed E-state index contributed by atoms with van der Waals surface area (Å²) in [6, 6.07) is 4.78. The Labute approximate surface area is 102 Å². The molecule has 2 aliphatic heterocycles. The summed E-state index contributed by atoms with van der Waals surface area (Å²) < 4.78 is 5.20. The van der Waals surface area contributed by atoms with E-state index in [0.717, 1.165) is 19.0 Å². The maximum Gasteiger partial charge on any atom is 0.214 e. The fourth-order valence-corrected chi connectivity index (χ4v) is 3.08. The van der Waals surface area contributed by atoms with E-state index in [1.54, 1.807) is 7.11 Å². The molecule has 2 saturated heterocycles. The van der Waals surface area contributed by atoms with Crippen LogP contribution in [-0.4, -0.2) is 37.8 Å². The molecule has 2 atom stereocenters. The molecule has 17 heavy (non-hydrogen) atoms. The Morgan fingerprint density at radius 3 is 3.29 bits per heavy atom. The molecule has 1 aromatic rings. The summed E-state index contributed by atoms with van der Waals surface area (Å²) in [7, 11) is 1.67. The van der Waals surface area contributed by atoms with E-state index in [0.29, 0.717) is 11.9 Å². The van der Waals surface area contributed by atoms with Crippen LogP contribution in [0.15, 0.2) is 18.3 Å². The molecule has 3 rings (SSSR count). The van der Waals surface area contributed by atoms with E-state index in [4.69, 9.17) is 4.74 Å². The number of hydrogen-bond acceptors (Lipinski definition) is 4. The highest BCUT2D eigenvalue weighted by molar-refractivity contribution is 5.50. The Morgan fingerprint density at radius 2 is 2.41 bits per heavy atom. The fourth-order valence-electron chi connectivity index (χ4n) is 3.08. The molecule has 4 heteroatoms. The summed E-state index contributed by atoms with van der Waals surface area (Å²) in [6.45, 7) is 3.43. The van der Waals surface area contributed by atoms with E-state index in [1.165, 1.54) is 25.1 Å². The minimum atomic E-state index is 0.649. The molecule has 0 radical (unpaired) electrons. The number of anilines is 1. The fraction of sp³-hybridized carbons (Fsp3) is 0.615. The number of fused-ring (bicyclic) bond motifs is 1. The number of nitrogens with one attached hydrogen (secondary N) is 1. The summed E-state index contributed by atoms with van der Waals surface area (Å²) in [4.78, 5) is 6.69. The minimum Gasteiger partial charge on any atom is -0.481 e. The van der Waals surface area contributed by atoms with Gasteiger partial charge in [-0.1, -0.05) is 0 Å². The summed E-state index contributed by atoms with van der Waals surface area (Å²) in [5.41, 5.74) is 1.25. The highest BCUT2D eigenvalue weighted by Gasteiger charge is 2.35. The van der Waals surface area contributed by atoms with Crippen LogP contribution in [-0.2, 0) is 0 Å². The van der Waals surface area contributed by atoms with Crippen molar-refractivity contribution in [3.63, 3.8) is 0 Å². The van der Waals surface area contributed by atoms with Crippen LogP contribution >= 0.6 is 0 Å². The van der Waals surface area contributed by atoms with Gasteiger partial charge in [0.1, 0.15) is 0 Å². The standard InChI is InChI=1S/C13H19N3O/c1-17-13-7-11(4-5-15-13)16-6-2-3-10-8-14-9-12(10)16/h4-5,7,10,12,14H,2-3,6,8-9H2,1H3. The van der Waals surface area contributed by atoms with Crippen molar-refractivity contribution in [2.24, 2.45) is 5.92 Å². The van der Waals surface area contributed by atoms with Crippen LogP contribution in [0.25, 0.3) is 0 Å². The molecule has 2 unspecified atom stereocenters. The number of ether oxygens (including phenoxy) is 1. The van der Waals surface area contributed by atoms with Crippen LogP contribution in [0.5, 0.6) is 5.88 Å². The molecule has 0 spiro atoms. The molecular formula is C13H19N3O. The Balaban J connectivity index is 1.86. The zero-order valence-electron chi connectivity index (χ0n) is 10.2. The van der Waals surface area contributed by atoms with E-state index in [1.807, 2.05) is 12.3 Å². The normalized spacial score (nSPS) is 27.9. The smallest absolute Gasteiger partial charge is 0.214 e. The quantitative estimate of drug-likeness (QED) is 0.835. The molecule has 0 amide bonds. The van der Waals surface area contributed by atoms with Gasteiger partial charge in [-0.05, 0) is 24.8 Å². The lowest BCUT2D eigenvalue weighted by Gasteiger charge is -2.38. The third kappa shape index (κ3) is 1.97. The van der Waals surface area contributed by atoms with E-state index in [2.05, 4.69) is 21.3 Å². The van der Waals surface area contributed by atoms with Crippen LogP contribution in [0.4, 0.5) is 5.69 Å². The monoisotopic (exact) mass is 233 g/mol. The van der Waals surface area contributed by atoms with Gasteiger partial charge in [-0.25, -0.2) is 4.98 Å². The van der Waals surface area contributed by atoms with Crippen LogP contribution in [0.3, 0.4) is 0 Å². The number of methoxy groups -OCH3 is 1. The first kappa shape index (κ1) is 10.8. The highest BCUT2D eigenvalue weighted by atomic mass is 16.5. The van der Waals surface area contributed by atoms with Crippen molar-refractivity contribution in [2.75, 3.05) is 31.6 Å². The molecule has 3 heterocycles. The van der Waals surface area contributed by atoms with Crippen molar-refractivity contribution >= 4 is 5.69 Å². The Kier molecular flexibility index (Phi) is 2.89. The molecule has 1 aromatic heterocycles. The maximum atomic E-state index is 5.20. The van der Waals surface area contributed by atoms with Gasteiger partial charge in [0.05, 0.1) is 7.11 Å². The van der Waals surface area contributed by atoms with Gasteiger partial charge >= 0.3 is 0 Å². The Bertz CT molecular complexity index is 396. The largest absolute Gasteiger partial charge is 0.481 e. The first-order valence-corrected chi connectivity index (χ1v) is 6.36. The van der Waals surface area contributed by atoms with Gasteiger partial charge in [0.25, 0.3) is 0 Å². The highest BCUT2D eigenvalue weighted by Crippen LogP contribution is 2.31. The van der Waals surface area contributed by atoms with Gasteiger partial charge in [-0.2, -0.15) is 0 Å². The van der Waals surface area contributed by atoms with Crippen molar-refractivity contribution in [3.8, 4) is 5.88 Å². The van der Waals surface area contributed by atoms with E-state index in [-0.39, 0.29) is 0 Å². The second-order valence-electron chi connectivity index (χ2n) is 4.88. The first-order chi connectivity index (χ1) is 8.38. The van der Waals surface area contributed by atoms with Gasteiger partial charge in [0, 0.05) is 43.6 Å². The number of hydrogen-bond donors (Lipinski definition) is 1. The number of pyridine rings is 1. The topological polar surface area (TPSA) is 37.4 Å². The van der Waals surface area contributed by atoms with Crippen LogP contribution in [0.2, 0.25) is 0 Å². The van der Waals surface area contributed by atoms with Crippen molar-refractivity contribution < 1.29 is 4.74 Å². The predicted molar refractivity (Wildman–Crippen MR) is 67.5 cm³/mol. The van der Waals surface area contributed by atoms with E-state index < -0.39 is 0 Å². The predicted octanol–water partition coefficient (Wildman–Crippen LogP) is 1.28. The first-order valence-electron chi connectivity index (χ1n) is 6.36. The van der Waals surface area contributed by atoms with Gasteiger partial charge in [-0.15, -0.1) is 0 Å². The van der Waals surface area contributed by atoms with Gasteiger partial charge in [0.2, 0.25) is 5.88 Å². The third-order valence-corrected chi connectivity index (χ3v) is 3.94. The van der Waals surface area contributed by atoms with Crippen molar-refractivity contribution in [1.29, 1.82) is 0 Å². The Hall–Kier alpha value is -1.29. The molecule has 0 bridgehead atoms. The lowest BCUT2D eigenvalue weighted by Crippen LogP contribution is -2.45. The third-order valence-electron chi connectivity index (χ3n) is 3.94. The molecule has 4 nitrogen and oxygen atoms in total. The number of rotatable bonds is 2. The van der Waals surface area contributed by atoms with Crippen molar-refractivity contribution in [1.82, 2.24) is 10.3 Å². The van der Waals surface area contributed by atoms with Gasteiger partial charge < -0.3 is 15.0 Å².